The van der Waals surface area contributed by atoms with E-state index in [9.17, 15) is 4.79 Å². The minimum absolute atomic E-state index is 0.0652. The van der Waals surface area contributed by atoms with Gasteiger partial charge in [-0.3, -0.25) is 4.79 Å². The van der Waals surface area contributed by atoms with Crippen LogP contribution >= 0.6 is 11.6 Å². The zero-order chi connectivity index (χ0) is 13.0. The second-order valence-electron chi connectivity index (χ2n) is 4.55. The van der Waals surface area contributed by atoms with E-state index >= 15 is 0 Å². The van der Waals surface area contributed by atoms with Crippen LogP contribution in [-0.2, 0) is 4.79 Å². The van der Waals surface area contributed by atoms with Gasteiger partial charge >= 0.3 is 0 Å². The summed E-state index contributed by atoms with van der Waals surface area (Å²) < 4.78 is 0. The molecule has 0 saturated carbocycles. The highest BCUT2D eigenvalue weighted by Gasteiger charge is 2.19. The molecule has 4 heteroatoms. The minimum atomic E-state index is -0.468. The van der Waals surface area contributed by atoms with Crippen molar-refractivity contribution < 1.29 is 4.79 Å². The number of hydrogen-bond donors (Lipinski definition) is 2. The van der Waals surface area contributed by atoms with E-state index in [4.69, 9.17) is 17.3 Å². The molecule has 0 aromatic heterocycles. The monoisotopic (exact) mass is 254 g/mol. The summed E-state index contributed by atoms with van der Waals surface area (Å²) in [4.78, 5) is 11.8. The summed E-state index contributed by atoms with van der Waals surface area (Å²) in [6.45, 7) is 5.78. The molecule has 1 aromatic rings. The lowest BCUT2D eigenvalue weighted by Gasteiger charge is -2.20. The van der Waals surface area contributed by atoms with Crippen molar-refractivity contribution in [1.29, 1.82) is 0 Å². The molecule has 2 atom stereocenters. The van der Waals surface area contributed by atoms with E-state index in [-0.39, 0.29) is 17.9 Å². The van der Waals surface area contributed by atoms with E-state index in [0.717, 1.165) is 5.56 Å². The maximum Gasteiger partial charge on any atom is 0.237 e. The third-order valence-electron chi connectivity index (χ3n) is 2.75. The van der Waals surface area contributed by atoms with Crippen molar-refractivity contribution in [3.8, 4) is 0 Å². The first-order chi connectivity index (χ1) is 7.91. The van der Waals surface area contributed by atoms with Gasteiger partial charge in [-0.1, -0.05) is 37.6 Å². The lowest BCUT2D eigenvalue weighted by Crippen LogP contribution is -2.44. The summed E-state index contributed by atoms with van der Waals surface area (Å²) in [6, 6.07) is 6.88. The van der Waals surface area contributed by atoms with E-state index in [1.54, 1.807) is 0 Å². The summed E-state index contributed by atoms with van der Waals surface area (Å²) in [5.41, 5.74) is 6.79. The second kappa shape index (κ2) is 6.03. The van der Waals surface area contributed by atoms with Gasteiger partial charge in [0.1, 0.15) is 0 Å². The maximum absolute atomic E-state index is 11.8. The number of carbonyl (C=O) groups excluding carboxylic acids is 1. The smallest absolute Gasteiger partial charge is 0.237 e. The van der Waals surface area contributed by atoms with Crippen molar-refractivity contribution in [2.45, 2.75) is 32.9 Å². The predicted molar refractivity (Wildman–Crippen MR) is 70.8 cm³/mol. The zero-order valence-electron chi connectivity index (χ0n) is 10.4. The molecule has 1 unspecified atom stereocenters. The summed E-state index contributed by atoms with van der Waals surface area (Å²) >= 11 is 5.81. The van der Waals surface area contributed by atoms with Gasteiger partial charge in [0.05, 0.1) is 12.1 Å². The van der Waals surface area contributed by atoms with E-state index in [0.29, 0.717) is 5.02 Å². The number of nitrogens with one attached hydrogen (secondary N) is 1. The molecule has 0 aliphatic carbocycles. The molecule has 1 rings (SSSR count). The molecule has 0 fully saturated rings. The van der Waals surface area contributed by atoms with Crippen LogP contribution in [0.25, 0.3) is 0 Å². The lowest BCUT2D eigenvalue weighted by atomic mass is 10.0. The van der Waals surface area contributed by atoms with Crippen LogP contribution in [0.1, 0.15) is 32.4 Å². The Morgan fingerprint density at radius 1 is 1.24 bits per heavy atom. The Morgan fingerprint density at radius 3 is 2.24 bits per heavy atom. The van der Waals surface area contributed by atoms with Gasteiger partial charge < -0.3 is 11.1 Å². The van der Waals surface area contributed by atoms with Crippen molar-refractivity contribution in [1.82, 2.24) is 5.32 Å². The molecule has 0 spiro atoms. The fourth-order valence-electron chi connectivity index (χ4n) is 1.45. The second-order valence-corrected chi connectivity index (χ2v) is 4.99. The zero-order valence-corrected chi connectivity index (χ0v) is 11.2. The molecule has 1 aromatic carbocycles. The minimum Gasteiger partial charge on any atom is -0.348 e. The van der Waals surface area contributed by atoms with Crippen LogP contribution in [-0.4, -0.2) is 11.9 Å². The topological polar surface area (TPSA) is 55.1 Å². The van der Waals surface area contributed by atoms with Gasteiger partial charge in [-0.2, -0.15) is 0 Å². The van der Waals surface area contributed by atoms with Gasteiger partial charge in [0.25, 0.3) is 0 Å². The third kappa shape index (κ3) is 4.02. The normalized spacial score (nSPS) is 14.5. The van der Waals surface area contributed by atoms with Crippen molar-refractivity contribution in [3.05, 3.63) is 34.9 Å². The van der Waals surface area contributed by atoms with E-state index in [2.05, 4.69) is 5.32 Å². The number of rotatable bonds is 4. The molecule has 0 saturated heterocycles. The van der Waals surface area contributed by atoms with Gasteiger partial charge in [0, 0.05) is 5.02 Å². The first-order valence-electron chi connectivity index (χ1n) is 5.73. The summed E-state index contributed by atoms with van der Waals surface area (Å²) in [7, 11) is 0. The standard InChI is InChI=1S/C13H19ClN2O/c1-8(2)12(15)13(17)16-9(3)10-4-6-11(14)7-5-10/h4-9,12H,15H2,1-3H3,(H,16,17)/t9-,12?/m1/s1. The quantitative estimate of drug-likeness (QED) is 0.868. The van der Waals surface area contributed by atoms with Crippen molar-refractivity contribution >= 4 is 17.5 Å². The average Bonchev–Trinajstić information content (AvgIpc) is 2.28. The van der Waals surface area contributed by atoms with E-state index < -0.39 is 6.04 Å². The van der Waals surface area contributed by atoms with Crippen LogP contribution in [0.2, 0.25) is 5.02 Å². The number of carbonyl (C=O) groups is 1. The number of halogens is 1. The average molecular weight is 255 g/mol. The highest BCUT2D eigenvalue weighted by atomic mass is 35.5. The van der Waals surface area contributed by atoms with Gasteiger partial charge in [0.15, 0.2) is 0 Å². The molecule has 0 bridgehead atoms. The Hall–Kier alpha value is -1.06. The largest absolute Gasteiger partial charge is 0.348 e. The molecular formula is C13H19ClN2O. The predicted octanol–water partition coefficient (Wildman–Crippen LogP) is 2.50. The van der Waals surface area contributed by atoms with Crippen LogP contribution in [0, 0.1) is 5.92 Å². The third-order valence-corrected chi connectivity index (χ3v) is 3.00. The molecular weight excluding hydrogens is 236 g/mol. The Balaban J connectivity index is 2.63. The fraction of sp³-hybridized carbons (Fsp3) is 0.462. The van der Waals surface area contributed by atoms with Crippen LogP contribution in [0.3, 0.4) is 0 Å². The van der Waals surface area contributed by atoms with Crippen molar-refractivity contribution in [2.75, 3.05) is 0 Å². The van der Waals surface area contributed by atoms with E-state index in [1.807, 2.05) is 45.0 Å². The van der Waals surface area contributed by atoms with Gasteiger partial charge in [-0.25, -0.2) is 0 Å². The highest BCUT2D eigenvalue weighted by molar-refractivity contribution is 6.30. The molecule has 0 heterocycles. The molecule has 17 heavy (non-hydrogen) atoms. The maximum atomic E-state index is 11.8. The number of nitrogens with two attached hydrogens (primary N) is 1. The van der Waals surface area contributed by atoms with Crippen molar-refractivity contribution in [2.24, 2.45) is 11.7 Å². The Labute approximate surface area is 107 Å². The highest BCUT2D eigenvalue weighted by Crippen LogP contribution is 2.16. The SMILES string of the molecule is CC(C)C(N)C(=O)N[C@H](C)c1ccc(Cl)cc1. The van der Waals surface area contributed by atoms with Crippen LogP contribution < -0.4 is 11.1 Å². The fourth-order valence-corrected chi connectivity index (χ4v) is 1.57. The van der Waals surface area contributed by atoms with Gasteiger partial charge in [-0.15, -0.1) is 0 Å². The van der Waals surface area contributed by atoms with Gasteiger partial charge in [0.2, 0.25) is 5.91 Å². The molecule has 94 valence electrons. The molecule has 0 radical (unpaired) electrons. The molecule has 3 N–H and O–H groups in total. The Kier molecular flexibility index (Phi) is 4.97. The number of amides is 1. The first-order valence-corrected chi connectivity index (χ1v) is 6.11. The summed E-state index contributed by atoms with van der Waals surface area (Å²) in [5, 5.41) is 3.58. The van der Waals surface area contributed by atoms with Gasteiger partial charge in [-0.05, 0) is 30.5 Å². The Bertz CT molecular complexity index is 376. The molecule has 0 aliphatic heterocycles. The lowest BCUT2D eigenvalue weighted by molar-refractivity contribution is -0.123. The van der Waals surface area contributed by atoms with Crippen molar-refractivity contribution in [3.63, 3.8) is 0 Å². The van der Waals surface area contributed by atoms with E-state index in [1.165, 1.54) is 0 Å². The van der Waals surface area contributed by atoms with Crippen LogP contribution in [0.4, 0.5) is 0 Å². The molecule has 0 aliphatic rings. The van der Waals surface area contributed by atoms with Crippen LogP contribution in [0.5, 0.6) is 0 Å². The molecule has 1 amide bonds. The number of hydrogen-bond acceptors (Lipinski definition) is 2. The first kappa shape index (κ1) is 14.0. The molecule has 3 nitrogen and oxygen atoms in total. The van der Waals surface area contributed by atoms with Crippen LogP contribution in [0.15, 0.2) is 24.3 Å². The Morgan fingerprint density at radius 2 is 1.76 bits per heavy atom. The summed E-state index contributed by atoms with van der Waals surface area (Å²) in [6.07, 6.45) is 0. The number of benzene rings is 1. The summed E-state index contributed by atoms with van der Waals surface area (Å²) in [5.74, 6) is 0.00914.